The number of nitrogens with one attached hydrogen (secondary N) is 1. The van der Waals surface area contributed by atoms with Crippen molar-refractivity contribution in [3.8, 4) is 0 Å². The topological polar surface area (TPSA) is 29.1 Å². The molecule has 0 spiro atoms. The maximum Gasteiger partial charge on any atom is 0.251 e. The van der Waals surface area contributed by atoms with Crippen molar-refractivity contribution < 1.29 is 4.79 Å². The van der Waals surface area contributed by atoms with Crippen LogP contribution in [0.3, 0.4) is 0 Å². The van der Waals surface area contributed by atoms with Gasteiger partial charge in [-0.05, 0) is 31.5 Å². The first-order valence-corrected chi connectivity index (χ1v) is 7.07. The monoisotopic (exact) mass is 267 g/mol. The normalized spacial score (nSPS) is 12.2. The summed E-state index contributed by atoms with van der Waals surface area (Å²) < 4.78 is 0. The van der Waals surface area contributed by atoms with Crippen LogP contribution in [0, 0.1) is 0 Å². The maximum atomic E-state index is 11.9. The first-order valence-electron chi connectivity index (χ1n) is 6.70. The molecule has 1 N–H and O–H groups in total. The number of hydrogen-bond donors (Lipinski definition) is 1. The third kappa shape index (κ3) is 5.54. The van der Waals surface area contributed by atoms with Crippen LogP contribution < -0.4 is 5.32 Å². The van der Waals surface area contributed by atoms with Gasteiger partial charge in [0.1, 0.15) is 0 Å². The smallest absolute Gasteiger partial charge is 0.251 e. The molecule has 0 fully saturated rings. The summed E-state index contributed by atoms with van der Waals surface area (Å²) in [6.45, 7) is 4.25. The second-order valence-corrected chi connectivity index (χ2v) is 5.17. The largest absolute Gasteiger partial charge is 0.350 e. The van der Waals surface area contributed by atoms with Crippen molar-refractivity contribution in [1.29, 1.82) is 0 Å². The van der Waals surface area contributed by atoms with Crippen molar-refractivity contribution in [1.82, 2.24) is 5.32 Å². The highest BCUT2D eigenvalue weighted by molar-refractivity contribution is 6.30. The van der Waals surface area contributed by atoms with Gasteiger partial charge in [0.05, 0.1) is 0 Å². The lowest BCUT2D eigenvalue weighted by Crippen LogP contribution is -2.32. The van der Waals surface area contributed by atoms with Crippen molar-refractivity contribution in [3.63, 3.8) is 0 Å². The molecule has 2 nitrogen and oxygen atoms in total. The number of amides is 1. The molecule has 0 unspecified atom stereocenters. The van der Waals surface area contributed by atoms with Crippen molar-refractivity contribution in [2.24, 2.45) is 0 Å². The number of halogens is 1. The fourth-order valence-corrected chi connectivity index (χ4v) is 2.08. The zero-order valence-corrected chi connectivity index (χ0v) is 12.0. The molecule has 0 saturated carbocycles. The molecule has 18 heavy (non-hydrogen) atoms. The van der Waals surface area contributed by atoms with E-state index in [1.807, 2.05) is 6.92 Å². The van der Waals surface area contributed by atoms with Gasteiger partial charge in [-0.2, -0.15) is 0 Å². The van der Waals surface area contributed by atoms with Gasteiger partial charge in [-0.3, -0.25) is 4.79 Å². The summed E-state index contributed by atoms with van der Waals surface area (Å²) in [4.78, 5) is 11.9. The van der Waals surface area contributed by atoms with Crippen LogP contribution in [0.4, 0.5) is 0 Å². The van der Waals surface area contributed by atoms with Crippen LogP contribution in [-0.2, 0) is 0 Å². The van der Waals surface area contributed by atoms with Crippen LogP contribution in [0.15, 0.2) is 24.3 Å². The Morgan fingerprint density at radius 3 is 2.78 bits per heavy atom. The summed E-state index contributed by atoms with van der Waals surface area (Å²) in [5, 5.41) is 3.60. The molecule has 1 amide bonds. The molecule has 0 aliphatic heterocycles. The number of hydrogen-bond acceptors (Lipinski definition) is 1. The Balaban J connectivity index is 2.35. The van der Waals surface area contributed by atoms with Crippen molar-refractivity contribution in [2.45, 2.75) is 52.0 Å². The minimum atomic E-state index is -0.0412. The molecule has 0 aromatic heterocycles. The highest BCUT2D eigenvalue weighted by Gasteiger charge is 2.09. The van der Waals surface area contributed by atoms with Gasteiger partial charge >= 0.3 is 0 Å². The van der Waals surface area contributed by atoms with Gasteiger partial charge in [0, 0.05) is 16.6 Å². The molecule has 1 rings (SSSR count). The summed E-state index contributed by atoms with van der Waals surface area (Å²) in [5.74, 6) is -0.0412. The Labute approximate surface area is 115 Å². The highest BCUT2D eigenvalue weighted by atomic mass is 35.5. The Hall–Kier alpha value is -1.02. The molecule has 1 aromatic carbocycles. The van der Waals surface area contributed by atoms with Gasteiger partial charge in [-0.25, -0.2) is 0 Å². The van der Waals surface area contributed by atoms with E-state index in [0.29, 0.717) is 10.6 Å². The summed E-state index contributed by atoms with van der Waals surface area (Å²) in [5.41, 5.74) is 0.628. The molecular weight excluding hydrogens is 246 g/mol. The zero-order valence-electron chi connectivity index (χ0n) is 11.2. The Bertz CT molecular complexity index is 379. The summed E-state index contributed by atoms with van der Waals surface area (Å²) in [6, 6.07) is 7.26. The zero-order chi connectivity index (χ0) is 13.4. The molecule has 1 aromatic rings. The third-order valence-corrected chi connectivity index (χ3v) is 3.19. The molecule has 0 aliphatic carbocycles. The fraction of sp³-hybridized carbons (Fsp3) is 0.533. The molecule has 1 atom stereocenters. The van der Waals surface area contributed by atoms with E-state index < -0.39 is 0 Å². The lowest BCUT2D eigenvalue weighted by Gasteiger charge is -2.13. The summed E-state index contributed by atoms with van der Waals surface area (Å²) in [7, 11) is 0. The third-order valence-electron chi connectivity index (χ3n) is 2.95. The summed E-state index contributed by atoms with van der Waals surface area (Å²) >= 11 is 5.86. The number of benzene rings is 1. The van der Waals surface area contributed by atoms with Crippen LogP contribution >= 0.6 is 11.6 Å². The first kappa shape index (κ1) is 15.0. The molecule has 0 bridgehead atoms. The number of unbranched alkanes of at least 4 members (excludes halogenated alkanes) is 3. The average molecular weight is 268 g/mol. The average Bonchev–Trinajstić information content (AvgIpc) is 2.34. The van der Waals surface area contributed by atoms with Gasteiger partial charge in [0.2, 0.25) is 0 Å². The SMILES string of the molecule is CCCCCC[C@@H](C)NC(=O)c1cccc(Cl)c1. The van der Waals surface area contributed by atoms with E-state index in [4.69, 9.17) is 11.6 Å². The predicted octanol–water partition coefficient (Wildman–Crippen LogP) is 4.43. The van der Waals surface area contributed by atoms with E-state index in [2.05, 4.69) is 12.2 Å². The Morgan fingerprint density at radius 1 is 1.33 bits per heavy atom. The highest BCUT2D eigenvalue weighted by Crippen LogP contribution is 2.11. The minimum absolute atomic E-state index is 0.0412. The van der Waals surface area contributed by atoms with E-state index in [-0.39, 0.29) is 11.9 Å². The molecule has 100 valence electrons. The van der Waals surface area contributed by atoms with E-state index in [1.54, 1.807) is 24.3 Å². The molecule has 0 saturated heterocycles. The van der Waals surface area contributed by atoms with Gasteiger partial charge < -0.3 is 5.32 Å². The maximum absolute atomic E-state index is 11.9. The molecule has 0 heterocycles. The lowest BCUT2D eigenvalue weighted by molar-refractivity contribution is 0.0938. The van der Waals surface area contributed by atoms with Gasteiger partial charge in [0.25, 0.3) is 5.91 Å². The fourth-order valence-electron chi connectivity index (χ4n) is 1.89. The molecule has 3 heteroatoms. The Morgan fingerprint density at radius 2 is 2.11 bits per heavy atom. The standard InChI is InChI=1S/C15H22ClNO/c1-3-4-5-6-8-12(2)17-15(18)13-9-7-10-14(16)11-13/h7,9-12H,3-6,8H2,1-2H3,(H,17,18)/t12-/m1/s1. The van der Waals surface area contributed by atoms with Crippen molar-refractivity contribution in [2.75, 3.05) is 0 Å². The quantitative estimate of drug-likeness (QED) is 0.728. The van der Waals surface area contributed by atoms with E-state index in [1.165, 1.54) is 25.7 Å². The molecule has 0 aliphatic rings. The predicted molar refractivity (Wildman–Crippen MR) is 77.1 cm³/mol. The van der Waals surface area contributed by atoms with E-state index in [0.717, 1.165) is 6.42 Å². The Kier molecular flexibility index (Phi) is 6.81. The minimum Gasteiger partial charge on any atom is -0.350 e. The van der Waals surface area contributed by atoms with E-state index in [9.17, 15) is 4.79 Å². The lowest BCUT2D eigenvalue weighted by atomic mass is 10.1. The number of rotatable bonds is 7. The van der Waals surface area contributed by atoms with Crippen LogP contribution in [-0.4, -0.2) is 11.9 Å². The van der Waals surface area contributed by atoms with Crippen molar-refractivity contribution >= 4 is 17.5 Å². The molecule has 0 radical (unpaired) electrons. The van der Waals surface area contributed by atoms with Crippen LogP contribution in [0.2, 0.25) is 5.02 Å². The first-order chi connectivity index (χ1) is 8.63. The van der Waals surface area contributed by atoms with Crippen LogP contribution in [0.5, 0.6) is 0 Å². The van der Waals surface area contributed by atoms with E-state index >= 15 is 0 Å². The summed E-state index contributed by atoms with van der Waals surface area (Å²) in [6.07, 6.45) is 5.96. The van der Waals surface area contributed by atoms with Crippen LogP contribution in [0.1, 0.15) is 56.3 Å². The molecular formula is C15H22ClNO. The van der Waals surface area contributed by atoms with Crippen molar-refractivity contribution in [3.05, 3.63) is 34.9 Å². The number of carbonyl (C=O) groups is 1. The van der Waals surface area contributed by atoms with Crippen LogP contribution in [0.25, 0.3) is 0 Å². The van der Waals surface area contributed by atoms with Gasteiger partial charge in [-0.15, -0.1) is 0 Å². The van der Waals surface area contributed by atoms with Gasteiger partial charge in [0.15, 0.2) is 0 Å². The second-order valence-electron chi connectivity index (χ2n) is 4.73. The van der Waals surface area contributed by atoms with Gasteiger partial charge in [-0.1, -0.05) is 50.3 Å². The number of carbonyl (C=O) groups excluding carboxylic acids is 1. The second kappa shape index (κ2) is 8.15.